The molecule has 5 amide bonds. The number of amides is 5. The van der Waals surface area contributed by atoms with Gasteiger partial charge in [-0.15, -0.1) is 6.58 Å². The molecule has 0 spiro atoms. The van der Waals surface area contributed by atoms with Crippen molar-refractivity contribution in [2.45, 2.75) is 128 Å². The topological polar surface area (TPSA) is 219 Å². The molecule has 1 saturated heterocycles. The molecular weight excluding hydrogens is 793 g/mol. The number of benzene rings is 2. The van der Waals surface area contributed by atoms with E-state index in [-0.39, 0.29) is 19.4 Å². The van der Waals surface area contributed by atoms with Crippen LogP contribution in [-0.4, -0.2) is 90.4 Å². The van der Waals surface area contributed by atoms with Crippen LogP contribution < -0.4 is 20.7 Å². The van der Waals surface area contributed by atoms with E-state index < -0.39 is 85.8 Å². The summed E-state index contributed by atoms with van der Waals surface area (Å²) in [5.41, 5.74) is -0.0353. The number of rotatable bonds is 13. The Hall–Kier alpha value is -5.54. The minimum atomic E-state index is -3.91. The molecule has 17 heteroatoms. The minimum Gasteiger partial charge on any atom is -0.444 e. The highest BCUT2D eigenvalue weighted by Gasteiger charge is 2.62. The van der Waals surface area contributed by atoms with Gasteiger partial charge in [-0.05, 0) is 81.5 Å². The third-order valence-electron chi connectivity index (χ3n) is 10.3. The second-order valence-corrected chi connectivity index (χ2v) is 19.2. The van der Waals surface area contributed by atoms with Gasteiger partial charge in [0.05, 0.1) is 17.5 Å². The first-order valence-corrected chi connectivity index (χ1v) is 21.7. The number of alkyl carbamates (subject to hydrolysis) is 1. The average Bonchev–Trinajstić information content (AvgIpc) is 4.10. The molecule has 1 aliphatic heterocycles. The summed E-state index contributed by atoms with van der Waals surface area (Å²) >= 11 is 0. The summed E-state index contributed by atoms with van der Waals surface area (Å²) in [6.45, 7) is 17.8. The molecule has 2 aromatic rings. The van der Waals surface area contributed by atoms with Crippen molar-refractivity contribution in [2.24, 2.45) is 16.3 Å². The van der Waals surface area contributed by atoms with Gasteiger partial charge in [-0.3, -0.25) is 24.4 Å². The Balaban J connectivity index is 0.000000624. The molecule has 3 aliphatic rings. The molecule has 0 bridgehead atoms. The number of para-hydroxylation sites is 2. The van der Waals surface area contributed by atoms with E-state index in [1.807, 2.05) is 50.2 Å². The normalized spacial score (nSPS) is 21.4. The van der Waals surface area contributed by atoms with Gasteiger partial charge in [-0.25, -0.2) is 22.8 Å². The van der Waals surface area contributed by atoms with Gasteiger partial charge in [0, 0.05) is 18.0 Å². The zero-order chi connectivity index (χ0) is 44.6. The predicted octanol–water partition coefficient (Wildman–Crippen LogP) is 5.59. The summed E-state index contributed by atoms with van der Waals surface area (Å²) in [5, 5.41) is 7.41. The molecule has 2 aromatic carbocycles. The van der Waals surface area contributed by atoms with Gasteiger partial charge in [0.25, 0.3) is 5.91 Å². The molecular formula is C43H58N6O10S. The smallest absolute Gasteiger partial charge is 0.411 e. The number of nitrogens with zero attached hydrogens (tertiary/aromatic N) is 2. The lowest BCUT2D eigenvalue weighted by Crippen LogP contribution is -2.60. The van der Waals surface area contributed by atoms with Crippen molar-refractivity contribution in [3.8, 4) is 0 Å². The van der Waals surface area contributed by atoms with Gasteiger partial charge in [0.2, 0.25) is 27.9 Å². The molecule has 5 atom stereocenters. The van der Waals surface area contributed by atoms with Gasteiger partial charge in [-0.1, -0.05) is 77.1 Å². The van der Waals surface area contributed by atoms with E-state index >= 15 is 0 Å². The van der Waals surface area contributed by atoms with Crippen LogP contribution in [0.3, 0.4) is 0 Å². The highest BCUT2D eigenvalue weighted by atomic mass is 32.2. The first-order valence-electron chi connectivity index (χ1n) is 20.1. The average molecular weight is 851 g/mol. The van der Waals surface area contributed by atoms with Crippen LogP contribution in [0.4, 0.5) is 21.0 Å². The van der Waals surface area contributed by atoms with Gasteiger partial charge < -0.3 is 25.0 Å². The second-order valence-electron chi connectivity index (χ2n) is 17.2. The number of aryl methyl sites for hydroxylation is 2. The van der Waals surface area contributed by atoms with Crippen LogP contribution in [0.2, 0.25) is 0 Å². The number of nitrogens with one attached hydrogen (secondary N) is 4. The van der Waals surface area contributed by atoms with E-state index in [0.717, 1.165) is 23.2 Å². The van der Waals surface area contributed by atoms with Crippen molar-refractivity contribution >= 4 is 57.4 Å². The fourth-order valence-corrected chi connectivity index (χ4v) is 8.21. The van der Waals surface area contributed by atoms with Crippen molar-refractivity contribution in [3.05, 3.63) is 72.3 Å². The van der Waals surface area contributed by atoms with E-state index in [9.17, 15) is 37.2 Å². The lowest BCUT2D eigenvalue weighted by Gasteiger charge is -2.36. The molecule has 3 fully saturated rings. The molecule has 0 radical (unpaired) electrons. The third kappa shape index (κ3) is 12.3. The maximum Gasteiger partial charge on any atom is 0.411 e. The zero-order valence-corrected chi connectivity index (χ0v) is 36.4. The number of anilines is 1. The third-order valence-corrected chi connectivity index (χ3v) is 12.1. The monoisotopic (exact) mass is 850 g/mol. The quantitative estimate of drug-likeness (QED) is 0.111. The van der Waals surface area contributed by atoms with Crippen molar-refractivity contribution in [1.29, 1.82) is 0 Å². The predicted molar refractivity (Wildman–Crippen MR) is 225 cm³/mol. The zero-order valence-electron chi connectivity index (χ0n) is 35.6. The number of ether oxygens (including phenoxy) is 2. The van der Waals surface area contributed by atoms with E-state index in [1.165, 1.54) is 17.1 Å². The van der Waals surface area contributed by atoms with Gasteiger partial charge in [0.1, 0.15) is 29.3 Å². The number of hydrogen-bond acceptors (Lipinski definition) is 11. The minimum absolute atomic E-state index is 0.110. The molecule has 5 rings (SSSR count). The number of aliphatic imine (C=N–C) groups is 1. The summed E-state index contributed by atoms with van der Waals surface area (Å²) in [7, 11) is -3.91. The van der Waals surface area contributed by atoms with Crippen LogP contribution in [0.15, 0.2) is 66.2 Å². The summed E-state index contributed by atoms with van der Waals surface area (Å²) in [6.07, 6.45) is 2.86. The van der Waals surface area contributed by atoms with Crippen LogP contribution >= 0.6 is 0 Å². The van der Waals surface area contributed by atoms with Crippen LogP contribution in [0.1, 0.15) is 92.2 Å². The first-order chi connectivity index (χ1) is 28.1. The van der Waals surface area contributed by atoms with E-state index in [1.54, 1.807) is 53.7 Å². The van der Waals surface area contributed by atoms with Gasteiger partial charge >= 0.3 is 12.2 Å². The lowest BCUT2D eigenvalue weighted by molar-refractivity contribution is -0.143. The van der Waals surface area contributed by atoms with Crippen molar-refractivity contribution in [3.63, 3.8) is 0 Å². The Morgan fingerprint density at radius 2 is 1.58 bits per heavy atom. The molecule has 0 aromatic heterocycles. The Morgan fingerprint density at radius 1 is 0.967 bits per heavy atom. The van der Waals surface area contributed by atoms with Crippen molar-refractivity contribution in [1.82, 2.24) is 20.3 Å². The highest BCUT2D eigenvalue weighted by Crippen LogP contribution is 2.45. The van der Waals surface area contributed by atoms with Crippen molar-refractivity contribution < 1.29 is 46.7 Å². The first kappa shape index (κ1) is 47.1. The molecule has 16 nitrogen and oxygen atoms in total. The molecule has 326 valence electrons. The van der Waals surface area contributed by atoms with Crippen LogP contribution in [0.5, 0.6) is 0 Å². The largest absolute Gasteiger partial charge is 0.444 e. The van der Waals surface area contributed by atoms with Crippen molar-refractivity contribution in [2.75, 3.05) is 11.9 Å². The number of carbonyl (C=O) groups is 5. The van der Waals surface area contributed by atoms with Crippen LogP contribution in [-0.2, 0) is 51.5 Å². The Morgan fingerprint density at radius 3 is 2.13 bits per heavy atom. The molecule has 2 aliphatic carbocycles. The van der Waals surface area contributed by atoms with E-state index in [4.69, 9.17) is 9.47 Å². The highest BCUT2D eigenvalue weighted by molar-refractivity contribution is 7.91. The van der Waals surface area contributed by atoms with Gasteiger partial charge in [0.15, 0.2) is 0 Å². The molecule has 4 N–H and O–H groups in total. The number of carbonyl (C=O) groups excluding carboxylic acids is 6. The van der Waals surface area contributed by atoms with Crippen LogP contribution in [0, 0.1) is 11.3 Å². The maximum atomic E-state index is 14.3. The summed E-state index contributed by atoms with van der Waals surface area (Å²) < 4.78 is 38.4. The summed E-state index contributed by atoms with van der Waals surface area (Å²) in [4.78, 5) is 82.3. The maximum absolute atomic E-state index is 14.3. The lowest BCUT2D eigenvalue weighted by atomic mass is 9.85. The Labute approximate surface area is 352 Å². The molecule has 1 heterocycles. The summed E-state index contributed by atoms with van der Waals surface area (Å²) in [6, 6.07) is 12.4. The number of sulfonamides is 1. The SMILES string of the molecule is C=CC1C[C@]1(NC(=O)[C@@H]1C[C@@H](OC(=O)Nc2ccccc2CC)CN1C(=O)[C@@H](NC(=O)OC(C)(C)C)C(C)(C)C)C(=O)NS(=O)(=O)C1CC1.CCc1ccccc1N=C=O. The second kappa shape index (κ2) is 19.2. The number of isocyanates is 1. The molecule has 60 heavy (non-hydrogen) atoms. The standard InChI is InChI=1S/C34H49N5O9S.C9H9NO/c1-9-20-13-11-12-14-24(20)35-30(43)47-22-17-25(39(19-22)28(41)26(32(3,4)5)36-31(44)48-33(6,7)8)27(40)37-34(18-21(34)10-2)29(42)38-49(45,46)23-15-16-23;1-2-8-5-3-4-6-9(8)10-7-11/h10-14,21-23,25-26H,2,9,15-19H2,1,3-8H3,(H,35,43)(H,36,44)(H,37,40)(H,38,42);3-6H,2H2,1H3/t21?,22-,25+,26-,34-;/m1./s1. The molecule has 1 unspecified atom stereocenters. The Kier molecular flexibility index (Phi) is 15.1. The van der Waals surface area contributed by atoms with Gasteiger partial charge in [-0.2, -0.15) is 4.99 Å². The van der Waals surface area contributed by atoms with E-state index in [0.29, 0.717) is 24.9 Å². The fourth-order valence-electron chi connectivity index (χ4n) is 6.84. The number of hydrogen-bond donors (Lipinski definition) is 4. The van der Waals surface area contributed by atoms with Crippen LogP contribution in [0.25, 0.3) is 0 Å². The van der Waals surface area contributed by atoms with E-state index in [2.05, 4.69) is 32.2 Å². The fraction of sp³-hybridized carbons (Fsp3) is 0.535. The molecule has 2 saturated carbocycles. The number of likely N-dealkylation sites (tertiary alicyclic amines) is 1. The summed E-state index contributed by atoms with van der Waals surface area (Å²) in [5.74, 6) is -2.81. The Bertz CT molecular complexity index is 2100.